The zero-order valence-electron chi connectivity index (χ0n) is 8.95. The molecule has 0 aromatic carbocycles. The molecule has 0 aliphatic carbocycles. The Morgan fingerprint density at radius 3 is 2.38 bits per heavy atom. The molecule has 1 aliphatic rings. The van der Waals surface area contributed by atoms with E-state index in [9.17, 15) is 13.2 Å². The van der Waals surface area contributed by atoms with Crippen LogP contribution < -0.4 is 5.73 Å². The fraction of sp³-hybridized carbons (Fsp3) is 0.375. The van der Waals surface area contributed by atoms with Gasteiger partial charge in [-0.15, -0.1) is 0 Å². The van der Waals surface area contributed by atoms with Crippen LogP contribution in [0.25, 0.3) is 0 Å². The molecule has 0 saturated carbocycles. The number of rotatable bonds is 2. The van der Waals surface area contributed by atoms with Crippen LogP contribution in [0.2, 0.25) is 0 Å². The van der Waals surface area contributed by atoms with Gasteiger partial charge in [0.25, 0.3) is 0 Å². The van der Waals surface area contributed by atoms with Crippen molar-refractivity contribution in [3.63, 3.8) is 0 Å². The van der Waals surface area contributed by atoms with Gasteiger partial charge in [0, 0.05) is 19.2 Å². The van der Waals surface area contributed by atoms with Crippen molar-refractivity contribution < 1.29 is 21.9 Å². The maximum Gasteiger partial charge on any atom is 0.397 e. The highest BCUT2D eigenvalue weighted by atomic mass is 32.3. The Balaban J connectivity index is 0.000000325. The lowest BCUT2D eigenvalue weighted by atomic mass is 10.2. The second-order valence-electron chi connectivity index (χ2n) is 2.91. The largest absolute Gasteiger partial charge is 0.397 e. The number of nitrogens with two attached hydrogens (primary N) is 1. The molecule has 0 spiro atoms. The molecule has 1 amide bonds. The Kier molecular flexibility index (Phi) is 5.72. The van der Waals surface area contributed by atoms with E-state index in [2.05, 4.69) is 4.18 Å². The predicted octanol–water partition coefficient (Wildman–Crippen LogP) is -0.707. The van der Waals surface area contributed by atoms with Crippen LogP contribution in [0.4, 0.5) is 0 Å². The minimum absolute atomic E-state index is 0.337. The maximum atomic E-state index is 10.6. The monoisotopic (exact) mass is 250 g/mol. The van der Waals surface area contributed by atoms with E-state index >= 15 is 0 Å². The number of amides is 1. The van der Waals surface area contributed by atoms with E-state index < -0.39 is 10.4 Å². The van der Waals surface area contributed by atoms with Gasteiger partial charge in [-0.1, -0.05) is 6.08 Å². The lowest BCUT2D eigenvalue weighted by molar-refractivity contribution is -0.114. The van der Waals surface area contributed by atoms with E-state index in [1.54, 1.807) is 6.08 Å². The standard InChI is InChI=1S/C7H10N2O.CH4O4S/c1-9-4-2-3-6(5-9)7(8)10;1-5-6(2,3)4/h2-4H,5H2,1H3,(H2,8,10);1H3,(H,2,3,4). The second kappa shape index (κ2) is 6.26. The van der Waals surface area contributed by atoms with Gasteiger partial charge in [0.15, 0.2) is 0 Å². The molecule has 0 saturated heterocycles. The lowest BCUT2D eigenvalue weighted by Crippen LogP contribution is -2.25. The number of allylic oxidation sites excluding steroid dienone is 2. The Hall–Kier alpha value is -1.38. The minimum atomic E-state index is -4.16. The highest BCUT2D eigenvalue weighted by Crippen LogP contribution is 2.03. The molecule has 0 aromatic heterocycles. The topological polar surface area (TPSA) is 110 Å². The Bertz CT molecular complexity index is 399. The number of likely N-dealkylation sites (N-methyl/N-ethyl adjacent to an activating group) is 1. The van der Waals surface area contributed by atoms with Crippen LogP contribution in [0, 0.1) is 0 Å². The molecule has 0 aromatic rings. The van der Waals surface area contributed by atoms with Crippen LogP contribution >= 0.6 is 0 Å². The van der Waals surface area contributed by atoms with Crippen LogP contribution in [-0.4, -0.2) is 44.5 Å². The highest BCUT2D eigenvalue weighted by Gasteiger charge is 2.07. The summed E-state index contributed by atoms with van der Waals surface area (Å²) in [6, 6.07) is 0. The van der Waals surface area contributed by atoms with Crippen molar-refractivity contribution in [1.82, 2.24) is 4.90 Å². The smallest absolute Gasteiger partial charge is 0.376 e. The number of carbonyl (C=O) groups is 1. The molecular weight excluding hydrogens is 236 g/mol. The quantitative estimate of drug-likeness (QED) is 0.627. The van der Waals surface area contributed by atoms with E-state index in [0.717, 1.165) is 7.11 Å². The van der Waals surface area contributed by atoms with Crippen molar-refractivity contribution >= 4 is 16.3 Å². The van der Waals surface area contributed by atoms with Gasteiger partial charge < -0.3 is 10.6 Å². The molecule has 0 fully saturated rings. The third kappa shape index (κ3) is 6.98. The van der Waals surface area contributed by atoms with E-state index in [4.69, 9.17) is 10.3 Å². The molecule has 1 rings (SSSR count). The van der Waals surface area contributed by atoms with Crippen molar-refractivity contribution in [2.24, 2.45) is 5.73 Å². The van der Waals surface area contributed by atoms with Gasteiger partial charge in [-0.3, -0.25) is 13.5 Å². The predicted molar refractivity (Wildman–Crippen MR) is 57.6 cm³/mol. The fourth-order valence-electron chi connectivity index (χ4n) is 0.840. The molecule has 3 N–H and O–H groups in total. The van der Waals surface area contributed by atoms with Crippen molar-refractivity contribution in [2.75, 3.05) is 20.7 Å². The first kappa shape index (κ1) is 14.6. The maximum absolute atomic E-state index is 10.6. The van der Waals surface area contributed by atoms with Crippen molar-refractivity contribution in [2.45, 2.75) is 0 Å². The fourth-order valence-corrected chi connectivity index (χ4v) is 0.840. The Labute approximate surface area is 94.1 Å². The van der Waals surface area contributed by atoms with Gasteiger partial charge in [-0.25, -0.2) is 0 Å². The average molecular weight is 250 g/mol. The van der Waals surface area contributed by atoms with Gasteiger partial charge in [-0.05, 0) is 12.3 Å². The number of carbonyl (C=O) groups excluding carboxylic acids is 1. The summed E-state index contributed by atoms with van der Waals surface area (Å²) in [5, 5.41) is 0. The van der Waals surface area contributed by atoms with E-state index in [1.807, 2.05) is 24.2 Å². The lowest BCUT2D eigenvalue weighted by Gasteiger charge is -2.17. The average Bonchev–Trinajstić information content (AvgIpc) is 2.17. The molecule has 16 heavy (non-hydrogen) atoms. The van der Waals surface area contributed by atoms with Crippen LogP contribution in [-0.2, 0) is 19.4 Å². The van der Waals surface area contributed by atoms with Gasteiger partial charge in [0.1, 0.15) is 0 Å². The highest BCUT2D eigenvalue weighted by molar-refractivity contribution is 7.80. The van der Waals surface area contributed by atoms with Gasteiger partial charge in [-0.2, -0.15) is 8.42 Å². The van der Waals surface area contributed by atoms with Gasteiger partial charge in [0.05, 0.1) is 7.11 Å². The van der Waals surface area contributed by atoms with Crippen molar-refractivity contribution in [3.05, 3.63) is 23.9 Å². The van der Waals surface area contributed by atoms with Gasteiger partial charge in [0.2, 0.25) is 5.91 Å². The van der Waals surface area contributed by atoms with E-state index in [-0.39, 0.29) is 5.91 Å². The molecule has 0 radical (unpaired) electrons. The first-order valence-corrected chi connectivity index (χ1v) is 5.53. The third-order valence-corrected chi connectivity index (χ3v) is 2.01. The SMILES string of the molecule is CN1C=CC=C(C(N)=O)C1.COS(=O)(=O)O. The molecule has 92 valence electrons. The van der Waals surface area contributed by atoms with Gasteiger partial charge >= 0.3 is 10.4 Å². The van der Waals surface area contributed by atoms with Crippen molar-refractivity contribution in [3.8, 4) is 0 Å². The zero-order valence-corrected chi connectivity index (χ0v) is 9.77. The summed E-state index contributed by atoms with van der Waals surface area (Å²) in [6.07, 6.45) is 5.44. The first-order valence-electron chi connectivity index (χ1n) is 4.16. The number of hydrogen-bond acceptors (Lipinski definition) is 5. The summed E-state index contributed by atoms with van der Waals surface area (Å²) < 4.78 is 29.7. The number of hydrogen-bond donors (Lipinski definition) is 2. The summed E-state index contributed by atoms with van der Waals surface area (Å²) in [5.41, 5.74) is 5.72. The Morgan fingerprint density at radius 2 is 2.12 bits per heavy atom. The summed E-state index contributed by atoms with van der Waals surface area (Å²) in [5.74, 6) is -0.337. The van der Waals surface area contributed by atoms with Crippen LogP contribution in [0.15, 0.2) is 23.9 Å². The summed E-state index contributed by atoms with van der Waals surface area (Å²) >= 11 is 0. The third-order valence-electron chi connectivity index (χ3n) is 1.58. The van der Waals surface area contributed by atoms with E-state index in [1.165, 1.54) is 0 Å². The molecule has 8 heteroatoms. The summed E-state index contributed by atoms with van der Waals surface area (Å²) in [4.78, 5) is 12.5. The molecule has 1 aliphatic heterocycles. The molecule has 0 atom stereocenters. The number of primary amides is 1. The second-order valence-corrected chi connectivity index (χ2v) is 4.10. The zero-order chi connectivity index (χ0) is 12.8. The molecule has 0 bridgehead atoms. The van der Waals surface area contributed by atoms with Crippen LogP contribution in [0.5, 0.6) is 0 Å². The van der Waals surface area contributed by atoms with E-state index in [0.29, 0.717) is 12.1 Å². The molecule has 7 nitrogen and oxygen atoms in total. The minimum Gasteiger partial charge on any atom is -0.376 e. The summed E-state index contributed by atoms with van der Waals surface area (Å²) in [7, 11) is -1.40. The van der Waals surface area contributed by atoms with Crippen LogP contribution in [0.3, 0.4) is 0 Å². The number of nitrogens with zero attached hydrogens (tertiary/aromatic N) is 1. The van der Waals surface area contributed by atoms with Crippen molar-refractivity contribution in [1.29, 1.82) is 0 Å². The first-order chi connectivity index (χ1) is 7.26. The normalized spacial score (nSPS) is 14.9. The molecule has 0 unspecified atom stereocenters. The van der Waals surface area contributed by atoms with Crippen LogP contribution in [0.1, 0.15) is 0 Å². The summed E-state index contributed by atoms with van der Waals surface area (Å²) in [6.45, 7) is 0.617. The Morgan fingerprint density at radius 1 is 1.62 bits per heavy atom. The molecular formula is C8H14N2O5S. The molecule has 1 heterocycles.